The summed E-state index contributed by atoms with van der Waals surface area (Å²) in [5.41, 5.74) is 1.68. The maximum Gasteiger partial charge on any atom is 0.335 e. The fourth-order valence-corrected chi connectivity index (χ4v) is 4.26. The molecule has 3 rings (SSSR count). The Hall–Kier alpha value is -2.78. The van der Waals surface area contributed by atoms with Gasteiger partial charge in [0.2, 0.25) is 0 Å². The van der Waals surface area contributed by atoms with Gasteiger partial charge in [-0.25, -0.2) is 4.79 Å². The van der Waals surface area contributed by atoms with E-state index in [0.29, 0.717) is 33.0 Å². The number of hydrogen-bond acceptors (Lipinski definition) is 6. The molecular weight excluding hydrogens is 474 g/mol. The van der Waals surface area contributed by atoms with Crippen molar-refractivity contribution in [3.8, 4) is 11.5 Å². The minimum Gasteiger partial charge on any atom is -0.493 e. The molecule has 0 spiro atoms. The van der Waals surface area contributed by atoms with Crippen molar-refractivity contribution in [3.05, 3.63) is 62.5 Å². The first-order chi connectivity index (χ1) is 14.3. The van der Waals surface area contributed by atoms with E-state index in [1.54, 1.807) is 37.3 Å². The normalized spacial score (nSPS) is 15.0. The van der Waals surface area contributed by atoms with Crippen LogP contribution in [0.1, 0.15) is 28.4 Å². The van der Waals surface area contributed by atoms with Crippen molar-refractivity contribution < 1.29 is 29.0 Å². The highest BCUT2D eigenvalue weighted by Crippen LogP contribution is 2.39. The van der Waals surface area contributed by atoms with Crippen molar-refractivity contribution in [1.82, 2.24) is 4.90 Å². The van der Waals surface area contributed by atoms with Crippen LogP contribution in [0.25, 0.3) is 6.08 Å². The summed E-state index contributed by atoms with van der Waals surface area (Å²) in [6.45, 7) is 2.29. The van der Waals surface area contributed by atoms with Gasteiger partial charge in [0.25, 0.3) is 11.1 Å². The van der Waals surface area contributed by atoms with E-state index in [1.165, 1.54) is 24.1 Å². The Labute approximate surface area is 185 Å². The molecule has 2 aromatic carbocycles. The predicted molar refractivity (Wildman–Crippen MR) is 117 cm³/mol. The molecule has 0 atom stereocenters. The number of nitrogens with zero attached hydrogens (tertiary/aromatic N) is 1. The minimum absolute atomic E-state index is 0.203. The quantitative estimate of drug-likeness (QED) is 0.556. The molecule has 2 aromatic rings. The van der Waals surface area contributed by atoms with Gasteiger partial charge in [0.1, 0.15) is 6.61 Å². The first kappa shape index (κ1) is 21.9. The SMILES string of the molecule is CCN1C(=O)S/C(=C\c2cc(Br)c(OCc3ccc(C(=O)O)cc3)c(OC)c2)C1=O. The standard InChI is InChI=1S/C21H18BrNO6S/c1-3-23-19(24)17(30-21(23)27)10-13-8-15(22)18(16(9-13)28-2)29-11-12-4-6-14(7-5-12)20(25)26/h4-10H,3,11H2,1-2H3,(H,25,26)/b17-10-. The second-order valence-corrected chi connectivity index (χ2v) is 8.10. The van der Waals surface area contributed by atoms with Gasteiger partial charge in [-0.3, -0.25) is 14.5 Å². The number of halogens is 1. The number of hydrogen-bond donors (Lipinski definition) is 1. The van der Waals surface area contributed by atoms with E-state index in [0.717, 1.165) is 17.3 Å². The summed E-state index contributed by atoms with van der Waals surface area (Å²) < 4.78 is 11.9. The van der Waals surface area contributed by atoms with Gasteiger partial charge >= 0.3 is 5.97 Å². The molecule has 9 heteroatoms. The van der Waals surface area contributed by atoms with Crippen LogP contribution in [0.2, 0.25) is 0 Å². The molecular formula is C21H18BrNO6S. The molecule has 1 aliphatic rings. The third-order valence-corrected chi connectivity index (χ3v) is 5.82. The highest BCUT2D eigenvalue weighted by molar-refractivity contribution is 9.10. The molecule has 1 heterocycles. The number of rotatable bonds is 7. The fourth-order valence-electron chi connectivity index (χ4n) is 2.79. The highest BCUT2D eigenvalue weighted by Gasteiger charge is 2.33. The molecule has 7 nitrogen and oxygen atoms in total. The molecule has 1 fully saturated rings. The van der Waals surface area contributed by atoms with Gasteiger partial charge in [0, 0.05) is 6.54 Å². The molecule has 0 saturated carbocycles. The number of carbonyl (C=O) groups excluding carboxylic acids is 2. The van der Waals surface area contributed by atoms with Crippen LogP contribution in [-0.4, -0.2) is 40.8 Å². The highest BCUT2D eigenvalue weighted by atomic mass is 79.9. The monoisotopic (exact) mass is 491 g/mol. The second-order valence-electron chi connectivity index (χ2n) is 6.25. The van der Waals surface area contributed by atoms with Crippen LogP contribution < -0.4 is 9.47 Å². The van der Waals surface area contributed by atoms with E-state index in [-0.39, 0.29) is 23.3 Å². The summed E-state index contributed by atoms with van der Waals surface area (Å²) in [6, 6.07) is 9.88. The van der Waals surface area contributed by atoms with Gasteiger partial charge in [-0.1, -0.05) is 12.1 Å². The Bertz CT molecular complexity index is 1030. The van der Waals surface area contributed by atoms with E-state index in [4.69, 9.17) is 14.6 Å². The lowest BCUT2D eigenvalue weighted by Gasteiger charge is -2.14. The molecule has 1 N–H and O–H groups in total. The average molecular weight is 492 g/mol. The number of thioether (sulfide) groups is 1. The lowest BCUT2D eigenvalue weighted by Crippen LogP contribution is -2.27. The van der Waals surface area contributed by atoms with E-state index >= 15 is 0 Å². The van der Waals surface area contributed by atoms with Crippen molar-refractivity contribution in [1.29, 1.82) is 0 Å². The van der Waals surface area contributed by atoms with Crippen LogP contribution in [0.4, 0.5) is 4.79 Å². The third-order valence-electron chi connectivity index (χ3n) is 4.32. The molecule has 0 unspecified atom stereocenters. The molecule has 0 bridgehead atoms. The van der Waals surface area contributed by atoms with Crippen molar-refractivity contribution in [2.75, 3.05) is 13.7 Å². The lowest BCUT2D eigenvalue weighted by atomic mass is 10.1. The summed E-state index contributed by atoms with van der Waals surface area (Å²) in [6.07, 6.45) is 1.64. The first-order valence-electron chi connectivity index (χ1n) is 8.92. The van der Waals surface area contributed by atoms with Crippen molar-refractivity contribution >= 4 is 50.9 Å². The number of likely N-dealkylation sites (N-methyl/N-ethyl adjacent to an activating group) is 1. The number of carbonyl (C=O) groups is 3. The van der Waals surface area contributed by atoms with Crippen LogP contribution in [0.3, 0.4) is 0 Å². The Morgan fingerprint density at radius 1 is 1.23 bits per heavy atom. The Kier molecular flexibility index (Phi) is 6.84. The van der Waals surface area contributed by atoms with Crippen molar-refractivity contribution in [3.63, 3.8) is 0 Å². The molecule has 2 amide bonds. The molecule has 0 aromatic heterocycles. The molecule has 30 heavy (non-hydrogen) atoms. The largest absolute Gasteiger partial charge is 0.493 e. The number of methoxy groups -OCH3 is 1. The van der Waals surface area contributed by atoms with Crippen LogP contribution in [0.15, 0.2) is 45.8 Å². The summed E-state index contributed by atoms with van der Waals surface area (Å²) >= 11 is 4.37. The number of imide groups is 1. The molecule has 0 aliphatic carbocycles. The zero-order valence-electron chi connectivity index (χ0n) is 16.2. The summed E-state index contributed by atoms with van der Waals surface area (Å²) in [7, 11) is 1.50. The van der Waals surface area contributed by atoms with E-state index < -0.39 is 5.97 Å². The Morgan fingerprint density at radius 2 is 1.93 bits per heavy atom. The van der Waals surface area contributed by atoms with Gasteiger partial charge < -0.3 is 14.6 Å². The molecule has 1 aliphatic heterocycles. The number of carboxylic acids is 1. The molecule has 1 saturated heterocycles. The third kappa shape index (κ3) is 4.68. The van der Waals surface area contributed by atoms with Gasteiger partial charge in [-0.15, -0.1) is 0 Å². The zero-order valence-corrected chi connectivity index (χ0v) is 18.6. The topological polar surface area (TPSA) is 93.1 Å². The van der Waals surface area contributed by atoms with Crippen LogP contribution in [-0.2, 0) is 11.4 Å². The number of carboxylic acid groups (broad SMARTS) is 1. The van der Waals surface area contributed by atoms with Crippen molar-refractivity contribution in [2.45, 2.75) is 13.5 Å². The molecule has 156 valence electrons. The predicted octanol–water partition coefficient (Wildman–Crippen LogP) is 4.79. The molecule has 0 radical (unpaired) electrons. The van der Waals surface area contributed by atoms with Crippen LogP contribution >= 0.6 is 27.7 Å². The van der Waals surface area contributed by atoms with Gasteiger partial charge in [-0.2, -0.15) is 0 Å². The average Bonchev–Trinajstić information content (AvgIpc) is 2.99. The summed E-state index contributed by atoms with van der Waals surface area (Å²) in [5.74, 6) is -0.377. The minimum atomic E-state index is -0.987. The van der Waals surface area contributed by atoms with E-state index in [1.807, 2.05) is 0 Å². The number of ether oxygens (including phenoxy) is 2. The van der Waals surface area contributed by atoms with Gasteiger partial charge in [-0.05, 0) is 76.1 Å². The zero-order chi connectivity index (χ0) is 21.8. The Morgan fingerprint density at radius 3 is 2.50 bits per heavy atom. The van der Waals surface area contributed by atoms with E-state index in [9.17, 15) is 14.4 Å². The maximum absolute atomic E-state index is 12.3. The number of amides is 2. The number of benzene rings is 2. The van der Waals surface area contributed by atoms with Gasteiger partial charge in [0.05, 0.1) is 22.1 Å². The summed E-state index contributed by atoms with van der Waals surface area (Å²) in [4.78, 5) is 36.7. The van der Waals surface area contributed by atoms with Crippen LogP contribution in [0, 0.1) is 0 Å². The number of aromatic carboxylic acids is 1. The summed E-state index contributed by atoms with van der Waals surface area (Å²) in [5, 5.41) is 8.69. The fraction of sp³-hybridized carbons (Fsp3) is 0.190. The smallest absolute Gasteiger partial charge is 0.335 e. The first-order valence-corrected chi connectivity index (χ1v) is 10.5. The maximum atomic E-state index is 12.3. The van der Waals surface area contributed by atoms with E-state index in [2.05, 4.69) is 15.9 Å². The van der Waals surface area contributed by atoms with Crippen molar-refractivity contribution in [2.24, 2.45) is 0 Å². The van der Waals surface area contributed by atoms with Gasteiger partial charge in [0.15, 0.2) is 11.5 Å². The lowest BCUT2D eigenvalue weighted by molar-refractivity contribution is -0.122. The second kappa shape index (κ2) is 9.36. The van der Waals surface area contributed by atoms with Crippen LogP contribution in [0.5, 0.6) is 11.5 Å². The Balaban J connectivity index is 1.81.